The summed E-state index contributed by atoms with van der Waals surface area (Å²) in [6.07, 6.45) is 5.27. The second kappa shape index (κ2) is 13.0. The molecule has 13 nitrogen and oxygen atoms in total. The van der Waals surface area contributed by atoms with Crippen LogP contribution < -0.4 is 16.0 Å². The Labute approximate surface area is 296 Å². The lowest BCUT2D eigenvalue weighted by Crippen LogP contribution is -2.54. The number of ketones is 1. The Morgan fingerprint density at radius 1 is 1.12 bits per heavy atom. The number of aromatic nitrogens is 5. The van der Waals surface area contributed by atoms with Gasteiger partial charge in [0.15, 0.2) is 15.6 Å². The summed E-state index contributed by atoms with van der Waals surface area (Å²) in [7, 11) is -3.88. The lowest BCUT2D eigenvalue weighted by Gasteiger charge is -2.33. The summed E-state index contributed by atoms with van der Waals surface area (Å²) in [6, 6.07) is 6.18. The van der Waals surface area contributed by atoms with Crippen LogP contribution in [0.2, 0.25) is 0 Å². The molecule has 3 fully saturated rings. The highest BCUT2D eigenvalue weighted by Gasteiger charge is 2.52. The monoisotopic (exact) mass is 747 g/mol. The molecule has 1 aromatic carbocycles. The van der Waals surface area contributed by atoms with Gasteiger partial charge in [-0.2, -0.15) is 19.0 Å². The maximum absolute atomic E-state index is 14.7. The zero-order valence-corrected chi connectivity index (χ0v) is 30.2. The second-order valence-electron chi connectivity index (χ2n) is 14.3. The molecule has 274 valence electrons. The van der Waals surface area contributed by atoms with Crippen LogP contribution in [0.15, 0.2) is 46.2 Å². The van der Waals surface area contributed by atoms with Gasteiger partial charge in [0.25, 0.3) is 5.56 Å². The SMILES string of the molecule is Cc1c(-n2nccn2)sc2c1c(=O)n(C(C)(C)C(=O)CS(=O)(=O)C1(C)CC1)c(=O)n2C[C@H](OC1C[C@H]2CC[C@@H](C1)O2)c1ccccc1OC(F)F. The molecule has 2 bridgehead atoms. The van der Waals surface area contributed by atoms with E-state index in [9.17, 15) is 31.6 Å². The Morgan fingerprint density at radius 2 is 1.76 bits per heavy atom. The Balaban J connectivity index is 1.40. The van der Waals surface area contributed by atoms with Crippen LogP contribution in [0.3, 0.4) is 0 Å². The van der Waals surface area contributed by atoms with Gasteiger partial charge in [-0.1, -0.05) is 29.5 Å². The van der Waals surface area contributed by atoms with Gasteiger partial charge in [-0.15, -0.1) is 4.80 Å². The summed E-state index contributed by atoms with van der Waals surface area (Å²) >= 11 is 1.07. The number of aryl methyl sites for hydroxylation is 1. The summed E-state index contributed by atoms with van der Waals surface area (Å²) in [5.41, 5.74) is -2.88. The van der Waals surface area contributed by atoms with Crippen LogP contribution in [-0.2, 0) is 36.2 Å². The van der Waals surface area contributed by atoms with Crippen LogP contribution in [0.1, 0.15) is 76.5 Å². The summed E-state index contributed by atoms with van der Waals surface area (Å²) in [4.78, 5) is 44.6. The van der Waals surface area contributed by atoms with Crippen molar-refractivity contribution >= 4 is 37.2 Å². The number of para-hydroxylation sites is 1. The molecule has 3 aromatic heterocycles. The van der Waals surface area contributed by atoms with E-state index in [2.05, 4.69) is 10.2 Å². The standard InChI is InChI=1S/C34H39F2N5O8S2/c1-19-27-28(43)40(33(2,3)26(42)18-51(45,46)34(4)11-12-34)32(44)39(30(27)50-29(19)41-37-13-14-38-41)17-25(23-7-5-6-8-24(23)49-31(35)36)48-22-15-20-9-10-21(16-22)47-20/h5-8,13-14,20-22,25,31H,9-12,15-18H2,1-4H3/t20-,21+,22?,25-/m0/s1. The number of carbonyl (C=O) groups is 1. The van der Waals surface area contributed by atoms with Crippen molar-refractivity contribution in [3.63, 3.8) is 0 Å². The largest absolute Gasteiger partial charge is 0.434 e. The number of fused-ring (bicyclic) bond motifs is 3. The summed E-state index contributed by atoms with van der Waals surface area (Å²) < 4.78 is 72.4. The number of hydrogen-bond acceptors (Lipinski definition) is 11. The van der Waals surface area contributed by atoms with Gasteiger partial charge in [-0.05, 0) is 72.3 Å². The first kappa shape index (κ1) is 35.6. The number of nitrogens with zero attached hydrogens (tertiary/aromatic N) is 5. The molecule has 7 rings (SSSR count). The number of sulfone groups is 1. The molecule has 1 aliphatic carbocycles. The minimum atomic E-state index is -3.88. The minimum absolute atomic E-state index is 0.0108. The van der Waals surface area contributed by atoms with Crippen molar-refractivity contribution in [1.29, 1.82) is 0 Å². The Kier molecular flexibility index (Phi) is 9.08. The van der Waals surface area contributed by atoms with Gasteiger partial charge in [0.05, 0.1) is 47.4 Å². The average molecular weight is 748 g/mol. The first-order valence-electron chi connectivity index (χ1n) is 16.9. The van der Waals surface area contributed by atoms with E-state index < -0.39 is 55.6 Å². The molecule has 2 aliphatic heterocycles. The second-order valence-corrected chi connectivity index (χ2v) is 17.8. The highest BCUT2D eigenvalue weighted by atomic mass is 32.2. The fourth-order valence-electron chi connectivity index (χ4n) is 7.12. The number of halogens is 2. The normalized spacial score (nSPS) is 22.1. The van der Waals surface area contributed by atoms with Gasteiger partial charge < -0.3 is 14.2 Å². The fourth-order valence-corrected chi connectivity index (χ4v) is 10.1. The first-order valence-corrected chi connectivity index (χ1v) is 19.3. The van der Waals surface area contributed by atoms with E-state index >= 15 is 0 Å². The molecule has 17 heteroatoms. The van der Waals surface area contributed by atoms with E-state index in [1.54, 1.807) is 32.0 Å². The van der Waals surface area contributed by atoms with Crippen LogP contribution in [0.5, 0.6) is 5.75 Å². The highest BCUT2D eigenvalue weighted by molar-refractivity contribution is 7.93. The lowest BCUT2D eigenvalue weighted by molar-refractivity contribution is -0.123. The number of rotatable bonds is 13. The number of ether oxygens (including phenoxy) is 3. The first-order chi connectivity index (χ1) is 24.1. The Bertz CT molecular complexity index is 2200. The van der Waals surface area contributed by atoms with E-state index in [-0.39, 0.29) is 46.4 Å². The van der Waals surface area contributed by atoms with E-state index in [4.69, 9.17) is 14.2 Å². The average Bonchev–Trinajstić information content (AvgIpc) is 3.35. The smallest absolute Gasteiger partial charge is 0.387 e. The van der Waals surface area contributed by atoms with Crippen LogP contribution in [0, 0.1) is 6.92 Å². The highest BCUT2D eigenvalue weighted by Crippen LogP contribution is 2.44. The topological polar surface area (TPSA) is 154 Å². The van der Waals surface area contributed by atoms with Crippen LogP contribution >= 0.6 is 11.3 Å². The van der Waals surface area contributed by atoms with Crippen molar-refractivity contribution in [2.24, 2.45) is 0 Å². The van der Waals surface area contributed by atoms with Crippen molar-refractivity contribution in [3.8, 4) is 10.8 Å². The molecule has 0 spiro atoms. The molecule has 5 heterocycles. The quantitative estimate of drug-likeness (QED) is 0.192. The lowest BCUT2D eigenvalue weighted by atomic mass is 9.99. The van der Waals surface area contributed by atoms with E-state index in [0.717, 1.165) is 28.7 Å². The maximum Gasteiger partial charge on any atom is 0.387 e. The van der Waals surface area contributed by atoms with Gasteiger partial charge >= 0.3 is 12.3 Å². The third kappa shape index (κ3) is 6.46. The molecule has 2 saturated heterocycles. The molecular weight excluding hydrogens is 709 g/mol. The van der Waals surface area contributed by atoms with Gasteiger partial charge in [0.1, 0.15) is 33.0 Å². The molecule has 0 amide bonds. The number of carbonyl (C=O) groups excluding carboxylic acids is 1. The molecule has 4 aromatic rings. The van der Waals surface area contributed by atoms with E-state index in [1.807, 2.05) is 0 Å². The predicted octanol–water partition coefficient (Wildman–Crippen LogP) is 4.45. The Hall–Kier alpha value is -3.80. The molecule has 51 heavy (non-hydrogen) atoms. The predicted molar refractivity (Wildman–Crippen MR) is 184 cm³/mol. The molecule has 4 atom stereocenters. The van der Waals surface area contributed by atoms with Gasteiger partial charge in [-0.25, -0.2) is 17.8 Å². The third-order valence-corrected chi connectivity index (χ3v) is 14.3. The number of hydrogen-bond donors (Lipinski definition) is 0. The summed E-state index contributed by atoms with van der Waals surface area (Å²) in [6.45, 7) is 2.56. The zero-order valence-electron chi connectivity index (χ0n) is 28.6. The summed E-state index contributed by atoms with van der Waals surface area (Å²) in [5, 5.41) is 8.96. The van der Waals surface area contributed by atoms with Crippen molar-refractivity contribution in [2.45, 2.75) is 114 Å². The number of thiophene rings is 1. The van der Waals surface area contributed by atoms with Crippen LogP contribution in [-0.4, -0.2) is 73.8 Å². The third-order valence-electron chi connectivity index (χ3n) is 10.5. The van der Waals surface area contributed by atoms with Crippen molar-refractivity contribution in [3.05, 3.63) is 68.6 Å². The molecule has 1 saturated carbocycles. The van der Waals surface area contributed by atoms with E-state index in [0.29, 0.717) is 36.2 Å². The maximum atomic E-state index is 14.7. The molecule has 0 radical (unpaired) electrons. The molecular formula is C34H39F2N5O8S2. The van der Waals surface area contributed by atoms with Crippen LogP contribution in [0.4, 0.5) is 8.78 Å². The number of alkyl halides is 2. The fraction of sp³-hybridized carbons (Fsp3) is 0.559. The van der Waals surface area contributed by atoms with Crippen LogP contribution in [0.25, 0.3) is 15.2 Å². The van der Waals surface area contributed by atoms with Crippen molar-refractivity contribution in [1.82, 2.24) is 24.1 Å². The molecule has 3 aliphatic rings. The van der Waals surface area contributed by atoms with Gasteiger partial charge in [0.2, 0.25) is 0 Å². The van der Waals surface area contributed by atoms with Gasteiger partial charge in [-0.3, -0.25) is 14.2 Å². The molecule has 0 N–H and O–H groups in total. The zero-order chi connectivity index (χ0) is 36.5. The minimum Gasteiger partial charge on any atom is -0.434 e. The van der Waals surface area contributed by atoms with Gasteiger partial charge in [0, 0.05) is 11.1 Å². The summed E-state index contributed by atoms with van der Waals surface area (Å²) in [5.74, 6) is -1.80. The number of benzene rings is 1. The van der Waals surface area contributed by atoms with Crippen molar-refractivity contribution < 1.29 is 36.2 Å². The Morgan fingerprint density at radius 3 is 2.39 bits per heavy atom. The van der Waals surface area contributed by atoms with E-state index in [1.165, 1.54) is 41.7 Å². The van der Waals surface area contributed by atoms with Crippen molar-refractivity contribution in [2.75, 3.05) is 5.75 Å². The number of Topliss-reactive ketones (excluding diaryl/α,β-unsaturated/α-hetero) is 1. The molecule has 1 unspecified atom stereocenters.